The van der Waals surface area contributed by atoms with Crippen molar-refractivity contribution in [1.82, 2.24) is 15.0 Å². The Bertz CT molecular complexity index is 863. The van der Waals surface area contributed by atoms with Crippen LogP contribution in [-0.4, -0.2) is 26.8 Å². The van der Waals surface area contributed by atoms with Gasteiger partial charge in [-0.25, -0.2) is 4.98 Å². The molecule has 0 bridgehead atoms. The molecule has 2 aromatic heterocycles. The average molecular weight is 325 g/mol. The van der Waals surface area contributed by atoms with E-state index < -0.39 is 11.8 Å². The number of rotatable bonds is 4. The van der Waals surface area contributed by atoms with Crippen molar-refractivity contribution in [2.75, 3.05) is 5.32 Å². The number of benzene rings is 1. The predicted octanol–water partition coefficient (Wildman–Crippen LogP) is 1.95. The van der Waals surface area contributed by atoms with Crippen LogP contribution in [0, 0.1) is 0 Å². The number of nitrogens with zero attached hydrogens (tertiary/aromatic N) is 3. The van der Waals surface area contributed by atoms with Crippen molar-refractivity contribution in [3.05, 3.63) is 59.5 Å². The van der Waals surface area contributed by atoms with Crippen LogP contribution < -0.4 is 11.1 Å². The minimum Gasteiger partial charge on any atom is -0.366 e. The lowest BCUT2D eigenvalue weighted by molar-refractivity contribution is 0.100. The maximum absolute atomic E-state index is 12.3. The zero-order valence-corrected chi connectivity index (χ0v) is 12.6. The number of hydrogen-bond acceptors (Lipinski definition) is 6. The Morgan fingerprint density at radius 1 is 1.17 bits per heavy atom. The molecule has 0 fully saturated rings. The van der Waals surface area contributed by atoms with E-state index in [2.05, 4.69) is 20.3 Å². The zero-order chi connectivity index (χ0) is 16.2. The van der Waals surface area contributed by atoms with Crippen molar-refractivity contribution in [2.45, 2.75) is 0 Å². The molecule has 23 heavy (non-hydrogen) atoms. The maximum Gasteiger partial charge on any atom is 0.275 e. The molecule has 8 heteroatoms. The molecule has 2 amide bonds. The second-order valence-electron chi connectivity index (χ2n) is 4.49. The predicted molar refractivity (Wildman–Crippen MR) is 86.1 cm³/mol. The molecular formula is C15H11N5O2S. The molecule has 7 nitrogen and oxygen atoms in total. The van der Waals surface area contributed by atoms with E-state index in [1.807, 2.05) is 0 Å². The molecule has 0 spiro atoms. The van der Waals surface area contributed by atoms with Crippen molar-refractivity contribution in [3.63, 3.8) is 0 Å². The highest BCUT2D eigenvalue weighted by atomic mass is 32.1. The third kappa shape index (κ3) is 3.22. The van der Waals surface area contributed by atoms with E-state index in [4.69, 9.17) is 5.73 Å². The summed E-state index contributed by atoms with van der Waals surface area (Å²) in [5.74, 6) is -1.04. The average Bonchev–Trinajstić information content (AvgIpc) is 3.06. The molecule has 0 aliphatic carbocycles. The van der Waals surface area contributed by atoms with Gasteiger partial charge in [-0.1, -0.05) is 12.1 Å². The van der Waals surface area contributed by atoms with E-state index in [9.17, 15) is 9.59 Å². The monoisotopic (exact) mass is 325 g/mol. The van der Waals surface area contributed by atoms with Crippen LogP contribution in [0.15, 0.2) is 48.2 Å². The van der Waals surface area contributed by atoms with Gasteiger partial charge in [0.2, 0.25) is 0 Å². The first-order valence-electron chi connectivity index (χ1n) is 6.57. The Hall–Kier alpha value is -3.13. The van der Waals surface area contributed by atoms with Gasteiger partial charge in [-0.15, -0.1) is 11.3 Å². The Balaban J connectivity index is 1.83. The first kappa shape index (κ1) is 14.8. The molecule has 0 radical (unpaired) electrons. The summed E-state index contributed by atoms with van der Waals surface area (Å²) in [6, 6.07) is 6.52. The summed E-state index contributed by atoms with van der Waals surface area (Å²) in [5.41, 5.74) is 6.70. The highest BCUT2D eigenvalue weighted by Crippen LogP contribution is 2.22. The molecule has 2 heterocycles. The fourth-order valence-corrected chi connectivity index (χ4v) is 2.66. The van der Waals surface area contributed by atoms with Gasteiger partial charge >= 0.3 is 0 Å². The molecule has 0 saturated heterocycles. The first-order valence-corrected chi connectivity index (χ1v) is 7.45. The van der Waals surface area contributed by atoms with Crippen molar-refractivity contribution < 1.29 is 9.59 Å². The molecule has 3 rings (SSSR count). The van der Waals surface area contributed by atoms with Crippen LogP contribution in [0.25, 0.3) is 10.7 Å². The summed E-state index contributed by atoms with van der Waals surface area (Å²) >= 11 is 1.29. The molecule has 0 unspecified atom stereocenters. The lowest BCUT2D eigenvalue weighted by Crippen LogP contribution is -2.18. The van der Waals surface area contributed by atoms with Gasteiger partial charge < -0.3 is 11.1 Å². The number of para-hydroxylation sites is 1. The molecule has 0 atom stereocenters. The standard InChI is InChI=1S/C15H11N5O2S/c16-13(21)9-3-1-2-4-10(9)19-14(22)12-8-23-15(20-12)11-7-17-5-6-18-11/h1-8H,(H2,16,21)(H,19,22). The largest absolute Gasteiger partial charge is 0.366 e. The van der Waals surface area contributed by atoms with Crippen molar-refractivity contribution >= 4 is 28.8 Å². The molecule has 0 aliphatic rings. The molecule has 0 saturated carbocycles. The molecular weight excluding hydrogens is 314 g/mol. The van der Waals surface area contributed by atoms with E-state index in [1.54, 1.807) is 48.2 Å². The van der Waals surface area contributed by atoms with Crippen LogP contribution >= 0.6 is 11.3 Å². The molecule has 3 aromatic rings. The number of primary amides is 1. The van der Waals surface area contributed by atoms with Crippen LogP contribution in [0.3, 0.4) is 0 Å². The Morgan fingerprint density at radius 2 is 2.00 bits per heavy atom. The van der Waals surface area contributed by atoms with Gasteiger partial charge in [0.15, 0.2) is 0 Å². The number of aromatic nitrogens is 3. The Labute approximate surface area is 135 Å². The van der Waals surface area contributed by atoms with Crippen molar-refractivity contribution in [2.24, 2.45) is 5.73 Å². The number of hydrogen-bond donors (Lipinski definition) is 2. The number of amides is 2. The van der Waals surface area contributed by atoms with E-state index >= 15 is 0 Å². The SMILES string of the molecule is NC(=O)c1ccccc1NC(=O)c1csc(-c2cnccn2)n1. The van der Waals surface area contributed by atoms with E-state index in [0.717, 1.165) is 0 Å². The summed E-state index contributed by atoms with van der Waals surface area (Å²) in [6.07, 6.45) is 4.69. The quantitative estimate of drug-likeness (QED) is 0.761. The van der Waals surface area contributed by atoms with Gasteiger partial charge in [0.1, 0.15) is 16.4 Å². The van der Waals surface area contributed by atoms with Gasteiger partial charge in [0, 0.05) is 17.8 Å². The number of nitrogens with one attached hydrogen (secondary N) is 1. The Morgan fingerprint density at radius 3 is 2.74 bits per heavy atom. The summed E-state index contributed by atoms with van der Waals surface area (Å²) in [6.45, 7) is 0. The van der Waals surface area contributed by atoms with Crippen LogP contribution in [-0.2, 0) is 0 Å². The number of anilines is 1. The summed E-state index contributed by atoms with van der Waals surface area (Å²) in [4.78, 5) is 36.0. The van der Waals surface area contributed by atoms with Crippen LogP contribution in [0.4, 0.5) is 5.69 Å². The van der Waals surface area contributed by atoms with Gasteiger partial charge in [-0.3, -0.25) is 19.6 Å². The number of carbonyl (C=O) groups is 2. The maximum atomic E-state index is 12.3. The van der Waals surface area contributed by atoms with E-state index in [1.165, 1.54) is 11.3 Å². The Kier molecular flexibility index (Phi) is 4.07. The third-order valence-electron chi connectivity index (χ3n) is 2.96. The number of thiazole rings is 1. The highest BCUT2D eigenvalue weighted by Gasteiger charge is 2.15. The molecule has 3 N–H and O–H groups in total. The lowest BCUT2D eigenvalue weighted by atomic mass is 10.1. The number of nitrogens with two attached hydrogens (primary N) is 1. The minimum atomic E-state index is -0.612. The van der Waals surface area contributed by atoms with Gasteiger partial charge in [-0.2, -0.15) is 0 Å². The van der Waals surface area contributed by atoms with Crippen LogP contribution in [0.5, 0.6) is 0 Å². The fourth-order valence-electron chi connectivity index (χ4n) is 1.90. The lowest BCUT2D eigenvalue weighted by Gasteiger charge is -2.07. The van der Waals surface area contributed by atoms with Gasteiger partial charge in [-0.05, 0) is 12.1 Å². The zero-order valence-electron chi connectivity index (χ0n) is 11.8. The first-order chi connectivity index (χ1) is 11.1. The normalized spacial score (nSPS) is 10.3. The fraction of sp³-hybridized carbons (Fsp3) is 0. The summed E-state index contributed by atoms with van der Waals surface area (Å²) < 4.78 is 0. The second kappa shape index (κ2) is 6.32. The number of carbonyl (C=O) groups excluding carboxylic acids is 2. The van der Waals surface area contributed by atoms with Crippen molar-refractivity contribution in [3.8, 4) is 10.7 Å². The van der Waals surface area contributed by atoms with E-state index in [-0.39, 0.29) is 11.3 Å². The van der Waals surface area contributed by atoms with E-state index in [0.29, 0.717) is 16.4 Å². The highest BCUT2D eigenvalue weighted by molar-refractivity contribution is 7.13. The molecule has 0 aliphatic heterocycles. The smallest absolute Gasteiger partial charge is 0.275 e. The minimum absolute atomic E-state index is 0.231. The topological polar surface area (TPSA) is 111 Å². The summed E-state index contributed by atoms with van der Waals surface area (Å²) in [7, 11) is 0. The van der Waals surface area contributed by atoms with Crippen LogP contribution in [0.1, 0.15) is 20.8 Å². The molecule has 1 aromatic carbocycles. The van der Waals surface area contributed by atoms with Gasteiger partial charge in [0.05, 0.1) is 17.4 Å². The second-order valence-corrected chi connectivity index (χ2v) is 5.35. The van der Waals surface area contributed by atoms with Gasteiger partial charge in [0.25, 0.3) is 11.8 Å². The molecule has 114 valence electrons. The van der Waals surface area contributed by atoms with Crippen molar-refractivity contribution in [1.29, 1.82) is 0 Å². The summed E-state index contributed by atoms with van der Waals surface area (Å²) in [5, 5.41) is 4.85. The third-order valence-corrected chi connectivity index (χ3v) is 3.82. The van der Waals surface area contributed by atoms with Crippen LogP contribution in [0.2, 0.25) is 0 Å².